The summed E-state index contributed by atoms with van der Waals surface area (Å²) in [5, 5.41) is 23.1. The lowest BCUT2D eigenvalue weighted by molar-refractivity contribution is -0.120. The monoisotopic (exact) mass is 1130 g/mol. The van der Waals surface area contributed by atoms with Gasteiger partial charge in [-0.3, -0.25) is 24.2 Å². The molecule has 1 aliphatic heterocycles. The highest BCUT2D eigenvalue weighted by molar-refractivity contribution is 5.97. The summed E-state index contributed by atoms with van der Waals surface area (Å²) in [6, 6.07) is 18.1. The number of hydrogen-bond acceptors (Lipinski definition) is 11. The molecule has 0 bridgehead atoms. The number of H-pyrrole nitrogens is 3. The molecule has 1 aromatic carbocycles. The molecule has 3 amide bonds. The Hall–Kier alpha value is -8.04. The molecule has 0 atom stereocenters. The second-order valence-corrected chi connectivity index (χ2v) is 22.2. The number of carbonyl (C=O) groups excluding carboxylic acids is 3. The normalized spacial score (nSPS) is 11.1. The minimum Gasteiger partial charge on any atom is -0.481 e. The molecule has 0 aliphatic carbocycles. The number of nitrogens with one attached hydrogen (secondary N) is 4. The lowest BCUT2D eigenvalue weighted by atomic mass is 10.0. The van der Waals surface area contributed by atoms with Gasteiger partial charge < -0.3 is 36.6 Å². The number of ether oxygens (including phenoxy) is 1. The third-order valence-electron chi connectivity index (χ3n) is 11.7. The van der Waals surface area contributed by atoms with Crippen molar-refractivity contribution in [3.63, 3.8) is 0 Å². The Morgan fingerprint density at radius 2 is 1.22 bits per heavy atom. The molecule has 0 saturated carbocycles. The fourth-order valence-electron chi connectivity index (χ4n) is 6.31. The number of hydrogen-bond donors (Lipinski definition) is 7. The van der Waals surface area contributed by atoms with Gasteiger partial charge in [0.15, 0.2) is 0 Å². The first-order valence-corrected chi connectivity index (χ1v) is 27.7. The fraction of sp³-hybridized carbons (Fsp3) is 0.453. The number of fused-ring (bicyclic) bond motifs is 2. The summed E-state index contributed by atoms with van der Waals surface area (Å²) < 4.78 is 18.0. The van der Waals surface area contributed by atoms with Crippen LogP contribution in [0.2, 0.25) is 0 Å². The maximum atomic E-state index is 13.0. The SMILES string of the molecule is CC(C)C#CC(C)(C)O.CC(C)C(N)=O.CC(C)c1cc[nH]c(=O)c1.CC(C)c1ccc(F)c(C(N)=O)c1.CC(C)c1cn[nH]n1.CC(C)c1cnc2[nH]ccc2c1.CC(C)c1cnc2c(c1)C(=O)NC2.COc1cc(C(C)C)ccn1. The van der Waals surface area contributed by atoms with Gasteiger partial charge in [-0.15, -0.1) is 0 Å². The van der Waals surface area contributed by atoms with Crippen molar-refractivity contribution in [1.29, 1.82) is 0 Å². The Morgan fingerprint density at radius 3 is 1.67 bits per heavy atom. The summed E-state index contributed by atoms with van der Waals surface area (Å²) >= 11 is 0. The minimum atomic E-state index is -0.829. The number of carbonyl (C=O) groups is 3. The first-order chi connectivity index (χ1) is 38.3. The Bertz CT molecular complexity index is 3110. The molecule has 0 fully saturated rings. The van der Waals surface area contributed by atoms with E-state index in [1.165, 1.54) is 28.6 Å². The average Bonchev–Trinajstić information content (AvgIpc) is 4.22. The van der Waals surface area contributed by atoms with Gasteiger partial charge in [-0.25, -0.2) is 14.4 Å². The Labute approximate surface area is 485 Å². The minimum absolute atomic E-state index is 0.00463. The number of amides is 3. The van der Waals surface area contributed by atoms with Gasteiger partial charge in [0.2, 0.25) is 17.3 Å². The number of methoxy groups -OCH3 is 1. The van der Waals surface area contributed by atoms with Crippen molar-refractivity contribution in [2.45, 2.75) is 172 Å². The van der Waals surface area contributed by atoms with E-state index in [0.717, 1.165) is 39.3 Å². The van der Waals surface area contributed by atoms with Gasteiger partial charge in [-0.1, -0.05) is 129 Å². The quantitative estimate of drug-likeness (QED) is 0.0668. The van der Waals surface area contributed by atoms with E-state index >= 15 is 0 Å². The molecule has 9 N–H and O–H groups in total. The predicted molar refractivity (Wildman–Crippen MR) is 328 cm³/mol. The second-order valence-electron chi connectivity index (χ2n) is 22.2. The largest absolute Gasteiger partial charge is 0.481 e. The maximum absolute atomic E-state index is 13.0. The molecule has 6 aromatic heterocycles. The van der Waals surface area contributed by atoms with Crippen molar-refractivity contribution in [3.8, 4) is 17.7 Å². The summed E-state index contributed by atoms with van der Waals surface area (Å²) in [7, 11) is 1.63. The zero-order valence-corrected chi connectivity index (χ0v) is 51.8. The van der Waals surface area contributed by atoms with E-state index in [4.69, 9.17) is 21.3 Å². The van der Waals surface area contributed by atoms with Crippen LogP contribution in [0.5, 0.6) is 5.88 Å². The molecular formula is C64H92FN11O6. The summed E-state index contributed by atoms with van der Waals surface area (Å²) in [5.74, 6) is 7.81. The lowest BCUT2D eigenvalue weighted by Crippen LogP contribution is -2.17. The van der Waals surface area contributed by atoms with E-state index in [2.05, 4.69) is 133 Å². The molecule has 7 aromatic rings. The van der Waals surface area contributed by atoms with Gasteiger partial charge in [0, 0.05) is 60.3 Å². The smallest absolute Gasteiger partial charge is 0.253 e. The van der Waals surface area contributed by atoms with Gasteiger partial charge in [-0.2, -0.15) is 15.4 Å². The standard InChI is InChI=1S/C10H12FNO.C10H12N2O.C10H12N2.C9H13NO.C8H11NO.C8H14O.C5H9N3.C4H9NO/c1-6(2)7-3-4-9(11)8(5-7)10(12)13;1-6(2)7-3-8-9(11-4-7)5-12-10(8)13;1-7(2)9-5-8-3-4-11-10(8)12-6-9;1-7(2)8-4-5-10-9(6-8)11-3;1-6(2)7-3-4-9-8(10)5-7;1-7(2)5-6-8(3,4)9;1-4(2)5-3-6-8-7-5;1-3(2)4(5)6/h3-6H,1-2H3,(H2,12,13);3-4,6H,5H2,1-2H3,(H,12,13);3-7H,1-2H3,(H,11,12);4-7H,1-3H3;3-6H,1-2H3,(H,9,10);7,9H,1-4H3;3-4H,1-2H3,(H,6,7,8);3H,1-2H3,(H2,5,6). The van der Waals surface area contributed by atoms with E-state index in [0.29, 0.717) is 47.9 Å². The predicted octanol–water partition coefficient (Wildman–Crippen LogP) is 12.4. The van der Waals surface area contributed by atoms with Crippen LogP contribution in [0.25, 0.3) is 11.0 Å². The van der Waals surface area contributed by atoms with Crippen LogP contribution in [0.15, 0.2) is 103 Å². The lowest BCUT2D eigenvalue weighted by Gasteiger charge is -2.06. The molecular weight excluding hydrogens is 1040 g/mol. The van der Waals surface area contributed by atoms with E-state index in [9.17, 15) is 23.6 Å². The van der Waals surface area contributed by atoms with Crippen LogP contribution in [0, 0.1) is 29.5 Å². The molecule has 18 heteroatoms. The summed E-state index contributed by atoms with van der Waals surface area (Å²) in [5.41, 5.74) is 18.2. The van der Waals surface area contributed by atoms with Crippen molar-refractivity contribution in [2.75, 3.05) is 7.11 Å². The molecule has 0 unspecified atom stereocenters. The zero-order valence-electron chi connectivity index (χ0n) is 51.8. The number of aromatic nitrogens is 8. The number of nitrogens with two attached hydrogens (primary N) is 2. The van der Waals surface area contributed by atoms with E-state index in [1.54, 1.807) is 65.5 Å². The zero-order chi connectivity index (χ0) is 62.4. The number of halogens is 1. The number of nitrogens with zero attached hydrogens (tertiary/aromatic N) is 5. The first kappa shape index (κ1) is 72.0. The van der Waals surface area contributed by atoms with E-state index < -0.39 is 17.3 Å². The molecule has 7 heterocycles. The van der Waals surface area contributed by atoms with Crippen LogP contribution in [0.1, 0.15) is 220 Å². The molecule has 1 aliphatic rings. The summed E-state index contributed by atoms with van der Waals surface area (Å²) in [6.07, 6.45) is 10.9. The Morgan fingerprint density at radius 1 is 0.671 bits per heavy atom. The number of aliphatic hydroxyl groups is 1. The van der Waals surface area contributed by atoms with Crippen molar-refractivity contribution in [3.05, 3.63) is 164 Å². The van der Waals surface area contributed by atoms with Gasteiger partial charge in [0.1, 0.15) is 17.1 Å². The van der Waals surface area contributed by atoms with E-state index in [1.807, 2.05) is 76.6 Å². The summed E-state index contributed by atoms with van der Waals surface area (Å²) in [6.45, 7) is 36.5. The Kier molecular flexibility index (Phi) is 31.9. The van der Waals surface area contributed by atoms with Crippen LogP contribution in [0.3, 0.4) is 0 Å². The number of rotatable bonds is 9. The van der Waals surface area contributed by atoms with Crippen LogP contribution in [0.4, 0.5) is 4.39 Å². The van der Waals surface area contributed by atoms with Crippen LogP contribution >= 0.6 is 0 Å². The third-order valence-corrected chi connectivity index (χ3v) is 11.7. The third kappa shape index (κ3) is 28.4. The maximum Gasteiger partial charge on any atom is 0.253 e. The molecule has 446 valence electrons. The van der Waals surface area contributed by atoms with Crippen LogP contribution in [-0.4, -0.2) is 75.9 Å². The van der Waals surface area contributed by atoms with Gasteiger partial charge >= 0.3 is 0 Å². The highest BCUT2D eigenvalue weighted by Crippen LogP contribution is 2.21. The van der Waals surface area contributed by atoms with Crippen LogP contribution in [-0.2, 0) is 11.3 Å². The summed E-state index contributed by atoms with van der Waals surface area (Å²) in [4.78, 5) is 60.9. The molecule has 82 heavy (non-hydrogen) atoms. The number of benzene rings is 1. The highest BCUT2D eigenvalue weighted by Gasteiger charge is 2.20. The van der Waals surface area contributed by atoms with Crippen molar-refractivity contribution in [2.24, 2.45) is 23.3 Å². The second kappa shape index (κ2) is 36.3. The molecule has 8 rings (SSSR count). The first-order valence-electron chi connectivity index (χ1n) is 27.7. The van der Waals surface area contributed by atoms with Gasteiger partial charge in [-0.05, 0) is 120 Å². The van der Waals surface area contributed by atoms with Crippen molar-refractivity contribution < 1.29 is 28.6 Å². The molecule has 0 spiro atoms. The van der Waals surface area contributed by atoms with Crippen molar-refractivity contribution in [1.82, 2.24) is 45.6 Å². The van der Waals surface area contributed by atoms with E-state index in [-0.39, 0.29) is 34.8 Å². The van der Waals surface area contributed by atoms with Gasteiger partial charge in [0.05, 0.1) is 42.4 Å². The van der Waals surface area contributed by atoms with Crippen molar-refractivity contribution >= 4 is 28.8 Å². The number of aromatic amines is 3. The average molecular weight is 1130 g/mol. The molecule has 0 radical (unpaired) electrons. The number of primary amides is 2. The molecule has 17 nitrogen and oxygen atoms in total. The number of pyridine rings is 4. The Balaban J connectivity index is 0.000000473. The molecule has 0 saturated heterocycles. The topological polar surface area (TPSA) is 274 Å². The van der Waals surface area contributed by atoms with Gasteiger partial charge in [0.25, 0.3) is 11.8 Å². The fourth-order valence-corrected chi connectivity index (χ4v) is 6.31. The highest BCUT2D eigenvalue weighted by atomic mass is 19.1. The van der Waals surface area contributed by atoms with Crippen LogP contribution < -0.4 is 27.1 Å².